The number of hydrogen-bond acceptors (Lipinski definition) is 1. The predicted molar refractivity (Wildman–Crippen MR) is 73.1 cm³/mol. The molecule has 0 aliphatic rings. The van der Waals surface area contributed by atoms with Crippen molar-refractivity contribution < 1.29 is 9.18 Å². The molecule has 2 aromatic rings. The van der Waals surface area contributed by atoms with Crippen LogP contribution in [0.25, 0.3) is 11.1 Å². The number of hydrogen-bond donors (Lipinski definition) is 1. The van der Waals surface area contributed by atoms with E-state index in [2.05, 4.69) is 22.6 Å². The lowest BCUT2D eigenvalue weighted by Crippen LogP contribution is -2.13. The van der Waals surface area contributed by atoms with Crippen LogP contribution in [0.2, 0.25) is 0 Å². The molecule has 0 aliphatic carbocycles. The Labute approximate surface area is 112 Å². The van der Waals surface area contributed by atoms with Gasteiger partial charge in [-0.25, -0.2) is 4.39 Å². The minimum atomic E-state index is -0.460. The van der Waals surface area contributed by atoms with Crippen molar-refractivity contribution in [2.24, 2.45) is 5.73 Å². The average molecular weight is 341 g/mol. The van der Waals surface area contributed by atoms with Gasteiger partial charge in [-0.2, -0.15) is 0 Å². The molecule has 2 aromatic carbocycles. The molecule has 2 rings (SSSR count). The van der Waals surface area contributed by atoms with Crippen LogP contribution in [-0.2, 0) is 0 Å². The molecule has 0 aromatic heterocycles. The van der Waals surface area contributed by atoms with Gasteiger partial charge >= 0.3 is 0 Å². The molecule has 0 spiro atoms. The molecule has 17 heavy (non-hydrogen) atoms. The van der Waals surface area contributed by atoms with Crippen molar-refractivity contribution in [2.45, 2.75) is 0 Å². The number of benzene rings is 2. The van der Waals surface area contributed by atoms with Gasteiger partial charge in [0.05, 0.1) is 5.56 Å². The monoisotopic (exact) mass is 341 g/mol. The largest absolute Gasteiger partial charge is 0.366 e. The minimum absolute atomic E-state index is 0.283. The maximum absolute atomic E-state index is 12.8. The zero-order valence-corrected chi connectivity index (χ0v) is 10.9. The molecule has 0 radical (unpaired) electrons. The van der Waals surface area contributed by atoms with Gasteiger partial charge in [0.15, 0.2) is 0 Å². The summed E-state index contributed by atoms with van der Waals surface area (Å²) in [6.07, 6.45) is 0. The zero-order valence-electron chi connectivity index (χ0n) is 8.78. The molecule has 0 bridgehead atoms. The third-order valence-electron chi connectivity index (χ3n) is 2.42. The summed E-state index contributed by atoms with van der Waals surface area (Å²) >= 11 is 2.07. The number of primary amides is 1. The molecule has 2 N–H and O–H groups in total. The normalized spacial score (nSPS) is 10.2. The molecule has 0 saturated heterocycles. The maximum Gasteiger partial charge on any atom is 0.249 e. The Morgan fingerprint density at radius 3 is 2.35 bits per heavy atom. The summed E-state index contributed by atoms with van der Waals surface area (Å²) in [6, 6.07) is 11.5. The van der Waals surface area contributed by atoms with Crippen LogP contribution < -0.4 is 5.73 Å². The van der Waals surface area contributed by atoms with Crippen LogP contribution >= 0.6 is 22.6 Å². The lowest BCUT2D eigenvalue weighted by molar-refractivity contribution is 0.0999. The number of amides is 1. The van der Waals surface area contributed by atoms with E-state index < -0.39 is 5.91 Å². The number of carbonyl (C=O) groups is 1. The van der Waals surface area contributed by atoms with Gasteiger partial charge in [0, 0.05) is 3.57 Å². The van der Waals surface area contributed by atoms with Crippen LogP contribution in [0.15, 0.2) is 42.5 Å². The summed E-state index contributed by atoms with van der Waals surface area (Å²) in [5.41, 5.74) is 7.50. The maximum atomic E-state index is 12.8. The van der Waals surface area contributed by atoms with Crippen molar-refractivity contribution in [1.29, 1.82) is 0 Å². The lowest BCUT2D eigenvalue weighted by Gasteiger charge is -2.07. The second kappa shape index (κ2) is 4.83. The summed E-state index contributed by atoms with van der Waals surface area (Å²) in [5.74, 6) is -0.742. The van der Waals surface area contributed by atoms with Gasteiger partial charge in [0.25, 0.3) is 0 Å². The molecule has 1 amide bonds. The fourth-order valence-electron chi connectivity index (χ4n) is 1.57. The van der Waals surface area contributed by atoms with Crippen LogP contribution in [0.5, 0.6) is 0 Å². The summed E-state index contributed by atoms with van der Waals surface area (Å²) in [6.45, 7) is 0. The Bertz CT molecular complexity index is 566. The molecule has 0 fully saturated rings. The standard InChI is InChI=1S/C13H9FINO/c14-9-6-4-8(5-7-9)10-2-1-3-11(12(10)15)13(16)17/h1-7H,(H2,16,17). The Kier molecular flexibility index (Phi) is 3.42. The van der Waals surface area contributed by atoms with Gasteiger partial charge in [-0.1, -0.05) is 24.3 Å². The first kappa shape index (κ1) is 12.0. The molecule has 0 heterocycles. The molecule has 4 heteroatoms. The van der Waals surface area contributed by atoms with Crippen molar-refractivity contribution in [2.75, 3.05) is 0 Å². The molecule has 0 aliphatic heterocycles. The number of carbonyl (C=O) groups excluding carboxylic acids is 1. The molecule has 0 unspecified atom stereocenters. The van der Waals surface area contributed by atoms with Crippen molar-refractivity contribution >= 4 is 28.5 Å². The van der Waals surface area contributed by atoms with Crippen LogP contribution in [0, 0.1) is 9.39 Å². The van der Waals surface area contributed by atoms with Gasteiger partial charge in [0.1, 0.15) is 5.82 Å². The molecule has 0 saturated carbocycles. The van der Waals surface area contributed by atoms with Gasteiger partial charge in [-0.05, 0) is 51.9 Å². The van der Waals surface area contributed by atoms with E-state index in [1.165, 1.54) is 12.1 Å². The van der Waals surface area contributed by atoms with Gasteiger partial charge in [-0.3, -0.25) is 4.79 Å². The SMILES string of the molecule is NC(=O)c1cccc(-c2ccc(F)cc2)c1I. The second-order valence-corrected chi connectivity index (χ2v) is 4.62. The molecule has 0 atom stereocenters. The van der Waals surface area contributed by atoms with Crippen molar-refractivity contribution in [3.63, 3.8) is 0 Å². The van der Waals surface area contributed by atoms with Crippen LogP contribution in [0.3, 0.4) is 0 Å². The first-order valence-electron chi connectivity index (χ1n) is 4.94. The van der Waals surface area contributed by atoms with Crippen LogP contribution in [0.1, 0.15) is 10.4 Å². The lowest BCUT2D eigenvalue weighted by atomic mass is 10.0. The van der Waals surface area contributed by atoms with Gasteiger partial charge in [0.2, 0.25) is 5.91 Å². The predicted octanol–water partition coefficient (Wildman–Crippen LogP) is 3.20. The summed E-state index contributed by atoms with van der Waals surface area (Å²) in [5, 5.41) is 0. The zero-order chi connectivity index (χ0) is 12.4. The van der Waals surface area contributed by atoms with E-state index in [9.17, 15) is 9.18 Å². The highest BCUT2D eigenvalue weighted by Crippen LogP contribution is 2.27. The van der Waals surface area contributed by atoms with Crippen LogP contribution in [-0.4, -0.2) is 5.91 Å². The van der Waals surface area contributed by atoms with E-state index >= 15 is 0 Å². The Morgan fingerprint density at radius 1 is 1.12 bits per heavy atom. The first-order valence-corrected chi connectivity index (χ1v) is 6.01. The topological polar surface area (TPSA) is 43.1 Å². The molecule has 2 nitrogen and oxygen atoms in total. The Morgan fingerprint density at radius 2 is 1.76 bits per heavy atom. The Hall–Kier alpha value is -1.43. The molecular formula is C13H9FINO. The van der Waals surface area contributed by atoms with E-state index in [1.807, 2.05) is 6.07 Å². The molecule has 86 valence electrons. The van der Waals surface area contributed by atoms with E-state index in [0.29, 0.717) is 5.56 Å². The van der Waals surface area contributed by atoms with E-state index in [4.69, 9.17) is 5.73 Å². The van der Waals surface area contributed by atoms with Crippen LogP contribution in [0.4, 0.5) is 4.39 Å². The van der Waals surface area contributed by atoms with E-state index in [0.717, 1.165) is 14.7 Å². The van der Waals surface area contributed by atoms with E-state index in [-0.39, 0.29) is 5.82 Å². The number of nitrogens with two attached hydrogens (primary N) is 1. The quantitative estimate of drug-likeness (QED) is 0.838. The number of rotatable bonds is 2. The van der Waals surface area contributed by atoms with Crippen molar-refractivity contribution in [3.05, 3.63) is 57.4 Å². The van der Waals surface area contributed by atoms with Crippen molar-refractivity contribution in [3.8, 4) is 11.1 Å². The summed E-state index contributed by atoms with van der Waals surface area (Å²) in [4.78, 5) is 11.2. The Balaban J connectivity index is 2.56. The molecular weight excluding hydrogens is 332 g/mol. The highest BCUT2D eigenvalue weighted by Gasteiger charge is 2.10. The van der Waals surface area contributed by atoms with E-state index in [1.54, 1.807) is 24.3 Å². The fraction of sp³-hybridized carbons (Fsp3) is 0. The highest BCUT2D eigenvalue weighted by atomic mass is 127. The first-order chi connectivity index (χ1) is 8.09. The third kappa shape index (κ3) is 2.46. The second-order valence-electron chi connectivity index (χ2n) is 3.54. The summed E-state index contributed by atoms with van der Waals surface area (Å²) in [7, 11) is 0. The minimum Gasteiger partial charge on any atom is -0.366 e. The average Bonchev–Trinajstić information content (AvgIpc) is 2.30. The van der Waals surface area contributed by atoms with Crippen molar-refractivity contribution in [1.82, 2.24) is 0 Å². The highest BCUT2D eigenvalue weighted by molar-refractivity contribution is 14.1. The fourth-order valence-corrected chi connectivity index (χ4v) is 2.51. The number of halogens is 2. The third-order valence-corrected chi connectivity index (χ3v) is 3.58. The summed E-state index contributed by atoms with van der Waals surface area (Å²) < 4.78 is 13.6. The van der Waals surface area contributed by atoms with Gasteiger partial charge < -0.3 is 5.73 Å². The van der Waals surface area contributed by atoms with Gasteiger partial charge in [-0.15, -0.1) is 0 Å². The smallest absolute Gasteiger partial charge is 0.249 e.